The standard InChI is InChI=1S/C19H34N4.HI/c1-6-23(7-2)15-18-11-9-8-10-17(18)14-22-19(20-5)21-13-12-16(3)4;/h8-11,16H,6-7,12-15H2,1-5H3,(H2,20,21,22);1H. The van der Waals surface area contributed by atoms with E-state index in [1.807, 2.05) is 7.05 Å². The minimum atomic E-state index is 0. The molecule has 24 heavy (non-hydrogen) atoms. The Balaban J connectivity index is 0.00000529. The molecule has 0 aromatic heterocycles. The molecule has 1 aromatic carbocycles. The first-order valence-electron chi connectivity index (χ1n) is 8.84. The highest BCUT2D eigenvalue weighted by molar-refractivity contribution is 14.0. The zero-order valence-electron chi connectivity index (χ0n) is 15.9. The Bertz CT molecular complexity index is 470. The van der Waals surface area contributed by atoms with Crippen molar-refractivity contribution >= 4 is 29.9 Å². The molecule has 0 unspecified atom stereocenters. The Labute approximate surface area is 165 Å². The van der Waals surface area contributed by atoms with Crippen LogP contribution in [0.4, 0.5) is 0 Å². The average molecular weight is 446 g/mol. The summed E-state index contributed by atoms with van der Waals surface area (Å²) in [4.78, 5) is 6.75. The Hall–Kier alpha value is -0.820. The molecule has 0 heterocycles. The van der Waals surface area contributed by atoms with Gasteiger partial charge in [-0.05, 0) is 36.6 Å². The van der Waals surface area contributed by atoms with Crippen molar-refractivity contribution in [3.8, 4) is 0 Å². The highest BCUT2D eigenvalue weighted by Gasteiger charge is 2.07. The number of rotatable bonds is 9. The van der Waals surface area contributed by atoms with Gasteiger partial charge in [0.2, 0.25) is 0 Å². The Kier molecular flexibility index (Phi) is 13.0. The van der Waals surface area contributed by atoms with E-state index >= 15 is 0 Å². The molecule has 138 valence electrons. The third-order valence-corrected chi connectivity index (χ3v) is 4.09. The fraction of sp³-hybridized carbons (Fsp3) is 0.632. The normalized spacial score (nSPS) is 11.5. The first kappa shape index (κ1) is 23.2. The monoisotopic (exact) mass is 446 g/mol. The van der Waals surface area contributed by atoms with Gasteiger partial charge < -0.3 is 10.6 Å². The van der Waals surface area contributed by atoms with Crippen LogP contribution in [0.5, 0.6) is 0 Å². The van der Waals surface area contributed by atoms with E-state index in [0.29, 0.717) is 5.92 Å². The molecule has 4 nitrogen and oxygen atoms in total. The van der Waals surface area contributed by atoms with Crippen molar-refractivity contribution in [3.63, 3.8) is 0 Å². The maximum atomic E-state index is 4.31. The minimum Gasteiger partial charge on any atom is -0.356 e. The molecule has 0 fully saturated rings. The Morgan fingerprint density at radius 2 is 1.71 bits per heavy atom. The van der Waals surface area contributed by atoms with Gasteiger partial charge in [0.1, 0.15) is 0 Å². The predicted molar refractivity (Wildman–Crippen MR) is 116 cm³/mol. The van der Waals surface area contributed by atoms with Gasteiger partial charge in [-0.2, -0.15) is 0 Å². The van der Waals surface area contributed by atoms with Crippen LogP contribution in [-0.4, -0.2) is 37.5 Å². The van der Waals surface area contributed by atoms with Gasteiger partial charge in [0, 0.05) is 26.7 Å². The molecular weight excluding hydrogens is 411 g/mol. The molecule has 5 heteroatoms. The average Bonchev–Trinajstić information content (AvgIpc) is 2.56. The number of hydrogen-bond donors (Lipinski definition) is 2. The van der Waals surface area contributed by atoms with Gasteiger partial charge in [-0.15, -0.1) is 24.0 Å². The van der Waals surface area contributed by atoms with E-state index in [-0.39, 0.29) is 24.0 Å². The van der Waals surface area contributed by atoms with Crippen LogP contribution in [0.15, 0.2) is 29.3 Å². The summed E-state index contributed by atoms with van der Waals surface area (Å²) in [7, 11) is 1.83. The van der Waals surface area contributed by atoms with E-state index in [1.165, 1.54) is 11.1 Å². The number of nitrogens with zero attached hydrogens (tertiary/aromatic N) is 2. The van der Waals surface area contributed by atoms with E-state index in [4.69, 9.17) is 0 Å². The lowest BCUT2D eigenvalue weighted by Crippen LogP contribution is -2.38. The molecule has 0 bridgehead atoms. The lowest BCUT2D eigenvalue weighted by molar-refractivity contribution is 0.295. The summed E-state index contributed by atoms with van der Waals surface area (Å²) in [5.41, 5.74) is 2.73. The summed E-state index contributed by atoms with van der Waals surface area (Å²) in [5, 5.41) is 6.81. The van der Waals surface area contributed by atoms with Crippen molar-refractivity contribution in [2.45, 2.75) is 47.2 Å². The number of nitrogens with one attached hydrogen (secondary N) is 2. The zero-order valence-corrected chi connectivity index (χ0v) is 18.3. The molecule has 1 rings (SSSR count). The summed E-state index contributed by atoms with van der Waals surface area (Å²) < 4.78 is 0. The topological polar surface area (TPSA) is 39.7 Å². The molecule has 1 aromatic rings. The fourth-order valence-electron chi connectivity index (χ4n) is 2.45. The van der Waals surface area contributed by atoms with Crippen molar-refractivity contribution in [3.05, 3.63) is 35.4 Å². The first-order chi connectivity index (χ1) is 11.1. The second-order valence-electron chi connectivity index (χ2n) is 6.27. The summed E-state index contributed by atoms with van der Waals surface area (Å²) in [5.74, 6) is 1.58. The second-order valence-corrected chi connectivity index (χ2v) is 6.27. The molecule has 0 aliphatic carbocycles. The van der Waals surface area contributed by atoms with Crippen molar-refractivity contribution in [2.75, 3.05) is 26.7 Å². The molecule has 0 spiro atoms. The SMILES string of the molecule is CCN(CC)Cc1ccccc1CNC(=NC)NCCC(C)C.I. The summed E-state index contributed by atoms with van der Waals surface area (Å²) in [6.07, 6.45) is 1.15. The maximum Gasteiger partial charge on any atom is 0.191 e. The van der Waals surface area contributed by atoms with Crippen molar-refractivity contribution in [1.82, 2.24) is 15.5 Å². The van der Waals surface area contributed by atoms with Gasteiger partial charge in [0.25, 0.3) is 0 Å². The fourth-order valence-corrected chi connectivity index (χ4v) is 2.45. The number of hydrogen-bond acceptors (Lipinski definition) is 2. The minimum absolute atomic E-state index is 0. The predicted octanol–water partition coefficient (Wildman–Crippen LogP) is 3.86. The van der Waals surface area contributed by atoms with Crippen LogP contribution in [0, 0.1) is 5.92 Å². The molecule has 0 amide bonds. The van der Waals surface area contributed by atoms with Crippen LogP contribution in [0.25, 0.3) is 0 Å². The number of benzene rings is 1. The summed E-state index contributed by atoms with van der Waals surface area (Å²) >= 11 is 0. The molecular formula is C19H35IN4. The quantitative estimate of drug-likeness (QED) is 0.344. The number of halogens is 1. The van der Waals surface area contributed by atoms with Crippen LogP contribution in [0.3, 0.4) is 0 Å². The van der Waals surface area contributed by atoms with Gasteiger partial charge in [-0.3, -0.25) is 9.89 Å². The van der Waals surface area contributed by atoms with E-state index in [2.05, 4.69) is 72.5 Å². The van der Waals surface area contributed by atoms with E-state index < -0.39 is 0 Å². The van der Waals surface area contributed by atoms with Gasteiger partial charge in [0.05, 0.1) is 0 Å². The van der Waals surface area contributed by atoms with Crippen molar-refractivity contribution in [2.24, 2.45) is 10.9 Å². The molecule has 2 N–H and O–H groups in total. The second kappa shape index (κ2) is 13.5. The third kappa shape index (κ3) is 8.87. The summed E-state index contributed by atoms with van der Waals surface area (Å²) in [6.45, 7) is 13.8. The van der Waals surface area contributed by atoms with Crippen LogP contribution in [0.2, 0.25) is 0 Å². The molecule has 0 aliphatic rings. The van der Waals surface area contributed by atoms with Crippen LogP contribution in [-0.2, 0) is 13.1 Å². The largest absolute Gasteiger partial charge is 0.356 e. The molecule has 0 atom stereocenters. The molecule has 0 saturated carbocycles. The van der Waals surface area contributed by atoms with Gasteiger partial charge in [-0.1, -0.05) is 52.0 Å². The van der Waals surface area contributed by atoms with Crippen molar-refractivity contribution < 1.29 is 0 Å². The summed E-state index contributed by atoms with van der Waals surface area (Å²) in [6, 6.07) is 8.66. The van der Waals surface area contributed by atoms with Crippen LogP contribution < -0.4 is 10.6 Å². The lowest BCUT2D eigenvalue weighted by atomic mass is 10.1. The van der Waals surface area contributed by atoms with Crippen LogP contribution >= 0.6 is 24.0 Å². The first-order valence-corrected chi connectivity index (χ1v) is 8.84. The lowest BCUT2D eigenvalue weighted by Gasteiger charge is -2.20. The highest BCUT2D eigenvalue weighted by Crippen LogP contribution is 2.11. The van der Waals surface area contributed by atoms with Gasteiger partial charge in [0.15, 0.2) is 5.96 Å². The van der Waals surface area contributed by atoms with E-state index in [1.54, 1.807) is 0 Å². The van der Waals surface area contributed by atoms with E-state index in [0.717, 1.165) is 45.1 Å². The molecule has 0 aliphatic heterocycles. The highest BCUT2D eigenvalue weighted by atomic mass is 127. The van der Waals surface area contributed by atoms with E-state index in [9.17, 15) is 0 Å². The maximum absolute atomic E-state index is 4.31. The van der Waals surface area contributed by atoms with Crippen molar-refractivity contribution in [1.29, 1.82) is 0 Å². The van der Waals surface area contributed by atoms with Gasteiger partial charge in [-0.25, -0.2) is 0 Å². The number of guanidine groups is 1. The zero-order chi connectivity index (χ0) is 17.1. The number of aliphatic imine (C=N–C) groups is 1. The smallest absolute Gasteiger partial charge is 0.191 e. The Morgan fingerprint density at radius 3 is 2.25 bits per heavy atom. The Morgan fingerprint density at radius 1 is 1.08 bits per heavy atom. The third-order valence-electron chi connectivity index (χ3n) is 4.09. The molecule has 0 saturated heterocycles. The molecule has 0 radical (unpaired) electrons. The van der Waals surface area contributed by atoms with Crippen LogP contribution in [0.1, 0.15) is 45.2 Å². The van der Waals surface area contributed by atoms with Gasteiger partial charge >= 0.3 is 0 Å².